The maximum Gasteiger partial charge on any atom is 0.417 e. The van der Waals surface area contributed by atoms with Gasteiger partial charge in [-0.2, -0.15) is 13.2 Å². The fourth-order valence-corrected chi connectivity index (χ4v) is 5.77. The van der Waals surface area contributed by atoms with Crippen LogP contribution in [0.5, 0.6) is 0 Å². The van der Waals surface area contributed by atoms with Crippen molar-refractivity contribution in [3.8, 4) is 0 Å². The first-order valence-corrected chi connectivity index (χ1v) is 12.2. The Labute approximate surface area is 179 Å². The number of benzene rings is 2. The second-order valence-corrected chi connectivity index (χ2v) is 10.8. The molecule has 3 rings (SSSR count). The summed E-state index contributed by atoms with van der Waals surface area (Å²) < 4.78 is 93.7. The van der Waals surface area contributed by atoms with Gasteiger partial charge in [0.1, 0.15) is 4.21 Å². The Balaban J connectivity index is 1.96. The van der Waals surface area contributed by atoms with Gasteiger partial charge in [-0.3, -0.25) is 9.44 Å². The van der Waals surface area contributed by atoms with Gasteiger partial charge in [0.15, 0.2) is 0 Å². The van der Waals surface area contributed by atoms with Gasteiger partial charge >= 0.3 is 6.18 Å². The molecule has 0 saturated heterocycles. The van der Waals surface area contributed by atoms with Crippen LogP contribution in [0.2, 0.25) is 5.02 Å². The van der Waals surface area contributed by atoms with Crippen molar-refractivity contribution in [2.24, 2.45) is 0 Å². The first-order valence-electron chi connectivity index (χ1n) is 7.95. The van der Waals surface area contributed by atoms with Crippen molar-refractivity contribution in [2.75, 3.05) is 9.44 Å². The Morgan fingerprint density at radius 2 is 1.43 bits per heavy atom. The van der Waals surface area contributed by atoms with Crippen LogP contribution in [0.15, 0.2) is 69.1 Å². The number of thiophene rings is 1. The molecule has 2 N–H and O–H groups in total. The van der Waals surface area contributed by atoms with Crippen molar-refractivity contribution in [1.29, 1.82) is 0 Å². The average molecular weight is 497 g/mol. The lowest BCUT2D eigenvalue weighted by Crippen LogP contribution is -2.18. The molecule has 0 aliphatic rings. The van der Waals surface area contributed by atoms with Crippen molar-refractivity contribution in [3.05, 3.63) is 70.6 Å². The van der Waals surface area contributed by atoms with Gasteiger partial charge in [0, 0.05) is 0 Å². The second kappa shape index (κ2) is 8.10. The molecule has 0 radical (unpaired) electrons. The highest BCUT2D eigenvalue weighted by Crippen LogP contribution is 2.36. The number of halogens is 4. The number of sulfonamides is 2. The minimum atomic E-state index is -4.85. The van der Waals surface area contributed by atoms with Crippen LogP contribution in [0.4, 0.5) is 24.5 Å². The molecule has 30 heavy (non-hydrogen) atoms. The number of para-hydroxylation sites is 2. The molecule has 0 aliphatic carbocycles. The number of hydrogen-bond donors (Lipinski definition) is 2. The van der Waals surface area contributed by atoms with E-state index in [-0.39, 0.29) is 15.6 Å². The zero-order chi connectivity index (χ0) is 22.2. The molecule has 2 aromatic carbocycles. The van der Waals surface area contributed by atoms with E-state index in [1.807, 2.05) is 0 Å². The smallest absolute Gasteiger partial charge is 0.277 e. The fourth-order valence-electron chi connectivity index (χ4n) is 2.37. The predicted octanol–water partition coefficient (Wildman–Crippen LogP) is 5.02. The van der Waals surface area contributed by atoms with Gasteiger partial charge in [0.2, 0.25) is 0 Å². The molecule has 0 unspecified atom stereocenters. The first kappa shape index (κ1) is 22.4. The first-order chi connectivity index (χ1) is 13.9. The summed E-state index contributed by atoms with van der Waals surface area (Å²) in [4.78, 5) is -0.685. The molecule has 0 fully saturated rings. The summed E-state index contributed by atoms with van der Waals surface area (Å²) in [5.74, 6) is 0. The maximum absolute atomic E-state index is 13.1. The summed E-state index contributed by atoms with van der Waals surface area (Å²) in [6.45, 7) is 0. The highest BCUT2D eigenvalue weighted by Gasteiger charge is 2.34. The highest BCUT2D eigenvalue weighted by atomic mass is 35.5. The van der Waals surface area contributed by atoms with Gasteiger partial charge in [-0.15, -0.1) is 11.3 Å². The molecule has 3 aromatic rings. The molecule has 1 aromatic heterocycles. The van der Waals surface area contributed by atoms with Gasteiger partial charge < -0.3 is 0 Å². The summed E-state index contributed by atoms with van der Waals surface area (Å²) >= 11 is 6.49. The largest absolute Gasteiger partial charge is 0.417 e. The molecule has 0 aliphatic heterocycles. The second-order valence-electron chi connectivity index (χ2n) is 5.83. The average Bonchev–Trinajstić information content (AvgIpc) is 3.18. The summed E-state index contributed by atoms with van der Waals surface area (Å²) in [5.41, 5.74) is -1.57. The van der Waals surface area contributed by atoms with Gasteiger partial charge in [-0.1, -0.05) is 29.8 Å². The molecule has 0 bridgehead atoms. The Kier molecular flexibility index (Phi) is 6.05. The minimum Gasteiger partial charge on any atom is -0.277 e. The van der Waals surface area contributed by atoms with E-state index in [9.17, 15) is 30.0 Å². The molecule has 13 heteroatoms. The lowest BCUT2D eigenvalue weighted by Gasteiger charge is -2.15. The zero-order valence-electron chi connectivity index (χ0n) is 14.6. The third-order valence-electron chi connectivity index (χ3n) is 3.73. The minimum absolute atomic E-state index is 0.00711. The van der Waals surface area contributed by atoms with Crippen LogP contribution in [0, 0.1) is 0 Å². The maximum atomic E-state index is 13.1. The lowest BCUT2D eigenvalue weighted by molar-refractivity contribution is -0.137. The number of hydrogen-bond acceptors (Lipinski definition) is 5. The van der Waals surface area contributed by atoms with Crippen LogP contribution < -0.4 is 9.44 Å². The third kappa shape index (κ3) is 4.89. The molecule has 0 atom stereocenters. The monoisotopic (exact) mass is 496 g/mol. The Morgan fingerprint density at radius 3 is 1.97 bits per heavy atom. The van der Waals surface area contributed by atoms with E-state index >= 15 is 0 Å². The van der Waals surface area contributed by atoms with Gasteiger partial charge in [-0.05, 0) is 41.8 Å². The van der Waals surface area contributed by atoms with E-state index in [4.69, 9.17) is 11.6 Å². The van der Waals surface area contributed by atoms with Crippen LogP contribution in [-0.2, 0) is 26.2 Å². The van der Waals surface area contributed by atoms with E-state index in [1.165, 1.54) is 36.4 Å². The van der Waals surface area contributed by atoms with E-state index < -0.39 is 41.7 Å². The topological polar surface area (TPSA) is 92.3 Å². The van der Waals surface area contributed by atoms with E-state index in [2.05, 4.69) is 9.44 Å². The quantitative estimate of drug-likeness (QED) is 0.501. The zero-order valence-corrected chi connectivity index (χ0v) is 17.8. The molecule has 160 valence electrons. The van der Waals surface area contributed by atoms with Crippen LogP contribution >= 0.6 is 22.9 Å². The van der Waals surface area contributed by atoms with Crippen LogP contribution in [0.25, 0.3) is 0 Å². The normalized spacial score (nSPS) is 12.5. The molecule has 0 saturated carbocycles. The van der Waals surface area contributed by atoms with Crippen LogP contribution in [0.1, 0.15) is 5.56 Å². The molecular weight excluding hydrogens is 485 g/mol. The van der Waals surface area contributed by atoms with Crippen LogP contribution in [0.3, 0.4) is 0 Å². The van der Waals surface area contributed by atoms with E-state index in [0.717, 1.165) is 23.5 Å². The molecular formula is C17H12ClF3N2O4S3. The van der Waals surface area contributed by atoms with Gasteiger partial charge in [0.25, 0.3) is 20.0 Å². The van der Waals surface area contributed by atoms with Crippen molar-refractivity contribution in [3.63, 3.8) is 0 Å². The van der Waals surface area contributed by atoms with Crippen molar-refractivity contribution >= 4 is 54.4 Å². The number of anilines is 2. The highest BCUT2D eigenvalue weighted by molar-refractivity contribution is 7.94. The fraction of sp³-hybridized carbons (Fsp3) is 0.0588. The number of nitrogens with one attached hydrogen (secondary N) is 2. The van der Waals surface area contributed by atoms with E-state index in [1.54, 1.807) is 5.38 Å². The van der Waals surface area contributed by atoms with E-state index in [0.29, 0.717) is 6.07 Å². The molecule has 1 heterocycles. The summed E-state index contributed by atoms with van der Waals surface area (Å²) in [6, 6.07) is 10.5. The van der Waals surface area contributed by atoms with Crippen molar-refractivity contribution in [1.82, 2.24) is 0 Å². The molecule has 6 nitrogen and oxygen atoms in total. The summed E-state index contributed by atoms with van der Waals surface area (Å²) in [5, 5.41) is 0.910. The SMILES string of the molecule is O=S(=O)(Nc1ccccc1NS(=O)(=O)c1cccs1)c1ccc(Cl)c(C(F)(F)F)c1. The number of alkyl halides is 3. The third-order valence-corrected chi connectivity index (χ3v) is 8.18. The summed E-state index contributed by atoms with van der Waals surface area (Å²) in [7, 11) is -8.46. The van der Waals surface area contributed by atoms with Gasteiger partial charge in [-0.25, -0.2) is 16.8 Å². The Morgan fingerprint density at radius 1 is 0.833 bits per heavy atom. The van der Waals surface area contributed by atoms with Crippen molar-refractivity contribution in [2.45, 2.75) is 15.3 Å². The van der Waals surface area contributed by atoms with Gasteiger partial charge in [0.05, 0.1) is 26.9 Å². The lowest BCUT2D eigenvalue weighted by atomic mass is 10.2. The molecule has 0 spiro atoms. The summed E-state index contributed by atoms with van der Waals surface area (Å²) in [6.07, 6.45) is -4.85. The Bertz CT molecular complexity index is 1280. The molecule has 0 amide bonds. The Hall–Kier alpha value is -2.28. The van der Waals surface area contributed by atoms with Crippen LogP contribution in [-0.4, -0.2) is 16.8 Å². The van der Waals surface area contributed by atoms with Crippen molar-refractivity contribution < 1.29 is 30.0 Å². The standard InChI is InChI=1S/C17H12ClF3N2O4S3/c18-13-8-7-11(10-12(13)17(19,20)21)29(24,25)22-14-4-1-2-5-15(14)23-30(26,27)16-6-3-9-28-16/h1-10,22-23H. The number of rotatable bonds is 6. The predicted molar refractivity (Wildman–Crippen MR) is 109 cm³/mol.